The summed E-state index contributed by atoms with van der Waals surface area (Å²) in [7, 11) is 0. The first-order valence-electron chi connectivity index (χ1n) is 8.60. The Morgan fingerprint density at radius 3 is 2.39 bits per heavy atom. The molecule has 0 saturated heterocycles. The largest absolute Gasteiger partial charge is 0.465 e. The van der Waals surface area contributed by atoms with Crippen molar-refractivity contribution in [3.05, 3.63) is 34.2 Å². The third kappa shape index (κ3) is 5.41. The van der Waals surface area contributed by atoms with Crippen LogP contribution in [0.25, 0.3) is 10.9 Å². The number of amides is 2. The van der Waals surface area contributed by atoms with Gasteiger partial charge in [0.05, 0.1) is 11.1 Å². The van der Waals surface area contributed by atoms with Crippen LogP contribution in [0.5, 0.6) is 0 Å². The van der Waals surface area contributed by atoms with E-state index in [-0.39, 0.29) is 6.42 Å². The molecule has 7 nitrogen and oxygen atoms in total. The van der Waals surface area contributed by atoms with E-state index in [0.717, 1.165) is 20.9 Å². The number of hydrogen-bond donors (Lipinski definition) is 1. The molecule has 2 aromatic rings. The second-order valence-electron chi connectivity index (χ2n) is 8.01. The number of carbonyl (C=O) groups is 2. The molecule has 1 N–H and O–H groups in total. The van der Waals surface area contributed by atoms with Crippen molar-refractivity contribution in [1.82, 2.24) is 14.9 Å². The summed E-state index contributed by atoms with van der Waals surface area (Å²) in [6.45, 7) is 8.34. The van der Waals surface area contributed by atoms with Crippen molar-refractivity contribution in [2.24, 2.45) is 0 Å². The van der Waals surface area contributed by atoms with E-state index in [0.29, 0.717) is 16.1 Å². The molecule has 0 unspecified atom stereocenters. The van der Waals surface area contributed by atoms with Gasteiger partial charge in [0.15, 0.2) is 0 Å². The molecule has 0 aliphatic rings. The first-order chi connectivity index (χ1) is 12.8. The van der Waals surface area contributed by atoms with Gasteiger partial charge >= 0.3 is 12.2 Å². The first-order valence-corrected chi connectivity index (χ1v) is 10.5. The van der Waals surface area contributed by atoms with Gasteiger partial charge in [-0.25, -0.2) is 24.5 Å². The maximum absolute atomic E-state index is 12.5. The third-order valence-electron chi connectivity index (χ3n) is 3.88. The van der Waals surface area contributed by atoms with Crippen molar-refractivity contribution in [2.45, 2.75) is 57.5 Å². The molecular formula is C19H23Br2N3O4. The van der Waals surface area contributed by atoms with Gasteiger partial charge in [-0.2, -0.15) is 0 Å². The summed E-state index contributed by atoms with van der Waals surface area (Å²) >= 11 is 6.93. The Morgan fingerprint density at radius 1 is 1.21 bits per heavy atom. The van der Waals surface area contributed by atoms with Crippen molar-refractivity contribution >= 4 is 54.9 Å². The molecule has 1 heterocycles. The Kier molecular flexibility index (Phi) is 6.70. The second-order valence-corrected chi connectivity index (χ2v) is 9.49. The number of aromatic nitrogens is 2. The van der Waals surface area contributed by atoms with E-state index in [1.54, 1.807) is 40.8 Å². The molecule has 0 atom stereocenters. The monoisotopic (exact) mass is 515 g/mol. The van der Waals surface area contributed by atoms with E-state index in [1.165, 1.54) is 0 Å². The van der Waals surface area contributed by atoms with Crippen LogP contribution in [-0.4, -0.2) is 43.3 Å². The van der Waals surface area contributed by atoms with Crippen LogP contribution in [0.15, 0.2) is 22.8 Å². The molecule has 0 radical (unpaired) electrons. The number of rotatable bonds is 4. The molecule has 9 heteroatoms. The molecule has 0 spiro atoms. The maximum atomic E-state index is 12.5. The molecule has 2 rings (SSSR count). The van der Waals surface area contributed by atoms with E-state index >= 15 is 0 Å². The molecule has 0 bridgehead atoms. The maximum Gasteiger partial charge on any atom is 0.420 e. The molecule has 0 aliphatic carbocycles. The standard InChI is InChI=1S/C19H23Br2N3O4/c1-18(2,3)28-17(27)24(16(25)26)19(4,5)8-14-22-10-12-7-13(21)6-11(9-20)15(12)23-14/h6-7,10H,8-9H2,1-5H3,(H,25,26). The van der Waals surface area contributed by atoms with E-state index in [4.69, 9.17) is 4.74 Å². The van der Waals surface area contributed by atoms with Crippen molar-refractivity contribution in [2.75, 3.05) is 0 Å². The van der Waals surface area contributed by atoms with Crippen LogP contribution in [0.3, 0.4) is 0 Å². The highest BCUT2D eigenvalue weighted by atomic mass is 79.9. The minimum Gasteiger partial charge on any atom is -0.465 e. The van der Waals surface area contributed by atoms with Crippen LogP contribution in [-0.2, 0) is 16.5 Å². The van der Waals surface area contributed by atoms with E-state index < -0.39 is 23.3 Å². The van der Waals surface area contributed by atoms with Gasteiger partial charge in [0.1, 0.15) is 11.4 Å². The topological polar surface area (TPSA) is 92.6 Å². The zero-order valence-corrected chi connectivity index (χ0v) is 19.6. The number of benzene rings is 1. The summed E-state index contributed by atoms with van der Waals surface area (Å²) in [5, 5.41) is 11.1. The number of nitrogens with zero attached hydrogens (tertiary/aromatic N) is 3. The first kappa shape index (κ1) is 22.5. The fourth-order valence-corrected chi connectivity index (χ4v) is 3.71. The Morgan fingerprint density at radius 2 is 1.86 bits per heavy atom. The van der Waals surface area contributed by atoms with Gasteiger partial charge in [-0.05, 0) is 52.3 Å². The van der Waals surface area contributed by atoms with Crippen molar-refractivity contribution in [3.63, 3.8) is 0 Å². The fourth-order valence-electron chi connectivity index (χ4n) is 2.76. The average molecular weight is 517 g/mol. The van der Waals surface area contributed by atoms with Crippen LogP contribution < -0.4 is 0 Å². The summed E-state index contributed by atoms with van der Waals surface area (Å²) in [5.74, 6) is 0.442. The lowest BCUT2D eigenvalue weighted by atomic mass is 9.98. The Balaban J connectivity index is 2.39. The van der Waals surface area contributed by atoms with Crippen LogP contribution in [0, 0.1) is 0 Å². The van der Waals surface area contributed by atoms with Crippen molar-refractivity contribution in [3.8, 4) is 0 Å². The smallest absolute Gasteiger partial charge is 0.420 e. The molecule has 2 amide bonds. The number of hydrogen-bond acceptors (Lipinski definition) is 5. The molecule has 28 heavy (non-hydrogen) atoms. The number of fused-ring (bicyclic) bond motifs is 1. The predicted molar refractivity (Wildman–Crippen MR) is 114 cm³/mol. The number of carbonyl (C=O) groups excluding carboxylic acids is 1. The second kappa shape index (κ2) is 8.32. The summed E-state index contributed by atoms with van der Waals surface area (Å²) in [5.41, 5.74) is -0.155. The van der Waals surface area contributed by atoms with E-state index in [2.05, 4.69) is 41.8 Å². The zero-order chi connectivity index (χ0) is 21.3. The summed E-state index contributed by atoms with van der Waals surface area (Å²) in [4.78, 5) is 33.9. The Hall–Kier alpha value is -1.74. The van der Waals surface area contributed by atoms with Crippen molar-refractivity contribution in [1.29, 1.82) is 0 Å². The molecule has 1 aromatic heterocycles. The van der Waals surface area contributed by atoms with Crippen molar-refractivity contribution < 1.29 is 19.4 Å². The van der Waals surface area contributed by atoms with Gasteiger partial charge in [-0.15, -0.1) is 0 Å². The lowest BCUT2D eigenvalue weighted by Gasteiger charge is -2.35. The molecule has 0 aliphatic heterocycles. The predicted octanol–water partition coefficient (Wildman–Crippen LogP) is 5.52. The molecule has 0 saturated carbocycles. The van der Waals surface area contributed by atoms with Crippen LogP contribution in [0.4, 0.5) is 9.59 Å². The van der Waals surface area contributed by atoms with Crippen LogP contribution in [0.1, 0.15) is 46.0 Å². The number of imide groups is 1. The van der Waals surface area contributed by atoms with Gasteiger partial charge < -0.3 is 9.84 Å². The summed E-state index contributed by atoms with van der Waals surface area (Å²) in [6.07, 6.45) is -0.462. The average Bonchev–Trinajstić information content (AvgIpc) is 2.51. The molecule has 152 valence electrons. The highest BCUT2D eigenvalue weighted by Crippen LogP contribution is 2.27. The highest BCUT2D eigenvalue weighted by molar-refractivity contribution is 9.10. The Labute approximate surface area is 180 Å². The quantitative estimate of drug-likeness (QED) is 0.537. The van der Waals surface area contributed by atoms with Gasteiger partial charge in [-0.3, -0.25) is 0 Å². The SMILES string of the molecule is CC(C)(C)OC(=O)N(C(=O)O)C(C)(C)Cc1ncc2cc(Br)cc(CBr)c2n1. The van der Waals surface area contributed by atoms with Crippen LogP contribution >= 0.6 is 31.9 Å². The number of carboxylic acid groups (broad SMARTS) is 1. The molecule has 0 fully saturated rings. The van der Waals surface area contributed by atoms with Crippen LogP contribution in [0.2, 0.25) is 0 Å². The zero-order valence-electron chi connectivity index (χ0n) is 16.4. The minimum atomic E-state index is -1.38. The number of halogens is 2. The fraction of sp³-hybridized carbons (Fsp3) is 0.474. The molecule has 1 aromatic carbocycles. The summed E-state index contributed by atoms with van der Waals surface area (Å²) in [6, 6.07) is 3.88. The third-order valence-corrected chi connectivity index (χ3v) is 4.95. The molecular weight excluding hydrogens is 494 g/mol. The normalized spacial score (nSPS) is 12.1. The lowest BCUT2D eigenvalue weighted by Crippen LogP contribution is -2.53. The van der Waals surface area contributed by atoms with Gasteiger partial charge in [-0.1, -0.05) is 31.9 Å². The van der Waals surface area contributed by atoms with E-state index in [9.17, 15) is 14.7 Å². The minimum absolute atomic E-state index is 0.145. The van der Waals surface area contributed by atoms with Gasteiger partial charge in [0.2, 0.25) is 0 Å². The summed E-state index contributed by atoms with van der Waals surface area (Å²) < 4.78 is 6.18. The van der Waals surface area contributed by atoms with Gasteiger partial charge in [0.25, 0.3) is 0 Å². The van der Waals surface area contributed by atoms with Gasteiger partial charge in [0, 0.05) is 27.8 Å². The lowest BCUT2D eigenvalue weighted by molar-refractivity contribution is 0.00772. The Bertz CT molecular complexity index is 910. The highest BCUT2D eigenvalue weighted by Gasteiger charge is 2.40. The van der Waals surface area contributed by atoms with E-state index in [1.807, 2.05) is 12.1 Å². The number of alkyl halides is 1. The number of ether oxygens (including phenoxy) is 1.